The maximum atomic E-state index is 3.57. The second kappa shape index (κ2) is 6.96. The molecule has 1 fully saturated rings. The van der Waals surface area contributed by atoms with Gasteiger partial charge in [-0.1, -0.05) is 65.3 Å². The van der Waals surface area contributed by atoms with Crippen molar-refractivity contribution in [3.8, 4) is 0 Å². The molecule has 0 aromatic heterocycles. The zero-order valence-corrected chi connectivity index (χ0v) is 14.6. The van der Waals surface area contributed by atoms with Crippen molar-refractivity contribution >= 4 is 0 Å². The van der Waals surface area contributed by atoms with Gasteiger partial charge in [0.2, 0.25) is 0 Å². The molecule has 1 aromatic rings. The van der Waals surface area contributed by atoms with Gasteiger partial charge in [0.15, 0.2) is 0 Å². The Bertz CT molecular complexity index is 424. The second-order valence-corrected chi connectivity index (χ2v) is 7.96. The van der Waals surface area contributed by atoms with Gasteiger partial charge < -0.3 is 5.32 Å². The number of hydrogen-bond donors (Lipinski definition) is 1. The van der Waals surface area contributed by atoms with Gasteiger partial charge >= 0.3 is 0 Å². The van der Waals surface area contributed by atoms with E-state index in [4.69, 9.17) is 0 Å². The Hall–Kier alpha value is -0.820. The van der Waals surface area contributed by atoms with Crippen LogP contribution in [0.5, 0.6) is 0 Å². The van der Waals surface area contributed by atoms with Gasteiger partial charge in [-0.2, -0.15) is 0 Å². The van der Waals surface area contributed by atoms with E-state index in [0.717, 1.165) is 24.3 Å². The fraction of sp³-hybridized carbons (Fsp3) is 0.700. The predicted octanol–water partition coefficient (Wildman–Crippen LogP) is 5.11. The lowest BCUT2D eigenvalue weighted by atomic mass is 9.71. The Kier molecular flexibility index (Phi) is 5.48. The number of nitrogens with one attached hydrogen (secondary N) is 1. The maximum absolute atomic E-state index is 3.57. The van der Waals surface area contributed by atoms with Crippen LogP contribution in [0.3, 0.4) is 0 Å². The SMILES string of the molecule is CCNCC1CCC(C)CC1c1ccc(C(C)(C)C)cc1. The summed E-state index contributed by atoms with van der Waals surface area (Å²) in [5.41, 5.74) is 3.25. The Morgan fingerprint density at radius 2 is 1.76 bits per heavy atom. The first-order valence-corrected chi connectivity index (χ1v) is 8.73. The standard InChI is InChI=1S/C20H33N/c1-6-21-14-17-8-7-15(2)13-19(17)16-9-11-18(12-10-16)20(3,4)5/h9-12,15,17,19,21H,6-8,13-14H2,1-5H3. The third kappa shape index (κ3) is 4.32. The lowest BCUT2D eigenvalue weighted by Gasteiger charge is -2.36. The molecule has 118 valence electrons. The van der Waals surface area contributed by atoms with Crippen LogP contribution >= 0.6 is 0 Å². The maximum Gasteiger partial charge on any atom is -0.00148 e. The Balaban J connectivity index is 2.15. The molecule has 1 aromatic carbocycles. The first-order valence-electron chi connectivity index (χ1n) is 8.73. The average molecular weight is 287 g/mol. The smallest absolute Gasteiger partial charge is 0.00148 e. The van der Waals surface area contributed by atoms with Crippen LogP contribution in [0.2, 0.25) is 0 Å². The first-order chi connectivity index (χ1) is 9.91. The third-order valence-electron chi connectivity index (χ3n) is 5.12. The van der Waals surface area contributed by atoms with Crippen molar-refractivity contribution in [1.29, 1.82) is 0 Å². The van der Waals surface area contributed by atoms with Crippen molar-refractivity contribution in [1.82, 2.24) is 5.32 Å². The van der Waals surface area contributed by atoms with Crippen molar-refractivity contribution in [3.63, 3.8) is 0 Å². The second-order valence-electron chi connectivity index (χ2n) is 7.96. The fourth-order valence-corrected chi connectivity index (χ4v) is 3.66. The molecule has 1 saturated carbocycles. The molecule has 0 saturated heterocycles. The van der Waals surface area contributed by atoms with E-state index in [0.29, 0.717) is 0 Å². The minimum Gasteiger partial charge on any atom is -0.317 e. The predicted molar refractivity (Wildman–Crippen MR) is 92.9 cm³/mol. The monoisotopic (exact) mass is 287 g/mol. The van der Waals surface area contributed by atoms with Crippen LogP contribution in [0.1, 0.15) is 70.9 Å². The van der Waals surface area contributed by atoms with E-state index in [2.05, 4.69) is 64.2 Å². The molecule has 1 heteroatoms. The van der Waals surface area contributed by atoms with Crippen LogP contribution in [0.15, 0.2) is 24.3 Å². The molecule has 1 nitrogen and oxygen atoms in total. The molecule has 0 aliphatic heterocycles. The van der Waals surface area contributed by atoms with Gasteiger partial charge in [0.25, 0.3) is 0 Å². The molecule has 1 aliphatic carbocycles. The third-order valence-corrected chi connectivity index (χ3v) is 5.12. The fourth-order valence-electron chi connectivity index (χ4n) is 3.66. The highest BCUT2D eigenvalue weighted by Crippen LogP contribution is 2.40. The highest BCUT2D eigenvalue weighted by atomic mass is 14.8. The normalized spacial score (nSPS) is 26.8. The lowest BCUT2D eigenvalue weighted by Crippen LogP contribution is -2.31. The number of benzene rings is 1. The Morgan fingerprint density at radius 1 is 1.10 bits per heavy atom. The molecule has 3 atom stereocenters. The van der Waals surface area contributed by atoms with Gasteiger partial charge in [0, 0.05) is 0 Å². The quantitative estimate of drug-likeness (QED) is 0.811. The van der Waals surface area contributed by atoms with E-state index < -0.39 is 0 Å². The summed E-state index contributed by atoms with van der Waals surface area (Å²) in [4.78, 5) is 0. The van der Waals surface area contributed by atoms with Gasteiger partial charge in [0.05, 0.1) is 0 Å². The van der Waals surface area contributed by atoms with Crippen LogP contribution in [0.25, 0.3) is 0 Å². The van der Waals surface area contributed by atoms with Crippen molar-refractivity contribution in [2.45, 2.75) is 65.2 Å². The van der Waals surface area contributed by atoms with Gasteiger partial charge in [-0.05, 0) is 60.2 Å². The molecule has 1 N–H and O–H groups in total. The van der Waals surface area contributed by atoms with Crippen LogP contribution in [0, 0.1) is 11.8 Å². The van der Waals surface area contributed by atoms with E-state index in [1.54, 1.807) is 5.56 Å². The zero-order chi connectivity index (χ0) is 15.5. The summed E-state index contributed by atoms with van der Waals surface area (Å²) in [5.74, 6) is 2.42. The Labute approximate surface area is 131 Å². The Morgan fingerprint density at radius 3 is 2.33 bits per heavy atom. The zero-order valence-electron chi connectivity index (χ0n) is 14.6. The van der Waals surface area contributed by atoms with E-state index >= 15 is 0 Å². The summed E-state index contributed by atoms with van der Waals surface area (Å²) >= 11 is 0. The summed E-state index contributed by atoms with van der Waals surface area (Å²) in [6, 6.07) is 9.47. The minimum atomic E-state index is 0.252. The molecule has 0 amide bonds. The van der Waals surface area contributed by atoms with E-state index in [-0.39, 0.29) is 5.41 Å². The first kappa shape index (κ1) is 16.5. The van der Waals surface area contributed by atoms with Crippen LogP contribution in [-0.2, 0) is 5.41 Å². The molecule has 0 heterocycles. The molecule has 0 spiro atoms. The molecular weight excluding hydrogens is 254 g/mol. The molecule has 0 radical (unpaired) electrons. The lowest BCUT2D eigenvalue weighted by molar-refractivity contribution is 0.242. The van der Waals surface area contributed by atoms with E-state index in [1.807, 2.05) is 0 Å². The highest BCUT2D eigenvalue weighted by molar-refractivity contribution is 5.30. The summed E-state index contributed by atoms with van der Waals surface area (Å²) in [6.45, 7) is 13.8. The van der Waals surface area contributed by atoms with E-state index in [1.165, 1.54) is 31.4 Å². The minimum absolute atomic E-state index is 0.252. The summed E-state index contributed by atoms with van der Waals surface area (Å²) in [6.07, 6.45) is 4.12. The summed E-state index contributed by atoms with van der Waals surface area (Å²) in [5, 5.41) is 3.57. The van der Waals surface area contributed by atoms with Gasteiger partial charge in [-0.25, -0.2) is 0 Å². The van der Waals surface area contributed by atoms with Gasteiger partial charge in [-0.15, -0.1) is 0 Å². The molecule has 1 aliphatic rings. The van der Waals surface area contributed by atoms with Crippen molar-refractivity contribution in [2.75, 3.05) is 13.1 Å². The molecular formula is C20H33N. The van der Waals surface area contributed by atoms with Crippen LogP contribution in [0.4, 0.5) is 0 Å². The van der Waals surface area contributed by atoms with Crippen LogP contribution in [-0.4, -0.2) is 13.1 Å². The average Bonchev–Trinajstić information content (AvgIpc) is 2.45. The molecule has 21 heavy (non-hydrogen) atoms. The van der Waals surface area contributed by atoms with Crippen LogP contribution < -0.4 is 5.32 Å². The highest BCUT2D eigenvalue weighted by Gasteiger charge is 2.29. The van der Waals surface area contributed by atoms with Crippen molar-refractivity contribution in [3.05, 3.63) is 35.4 Å². The van der Waals surface area contributed by atoms with Gasteiger partial charge in [-0.3, -0.25) is 0 Å². The number of hydrogen-bond acceptors (Lipinski definition) is 1. The summed E-state index contributed by atoms with van der Waals surface area (Å²) < 4.78 is 0. The summed E-state index contributed by atoms with van der Waals surface area (Å²) in [7, 11) is 0. The largest absolute Gasteiger partial charge is 0.317 e. The topological polar surface area (TPSA) is 12.0 Å². The van der Waals surface area contributed by atoms with Crippen molar-refractivity contribution in [2.24, 2.45) is 11.8 Å². The molecule has 0 bridgehead atoms. The van der Waals surface area contributed by atoms with Gasteiger partial charge in [0.1, 0.15) is 0 Å². The van der Waals surface area contributed by atoms with Crippen molar-refractivity contribution < 1.29 is 0 Å². The molecule has 3 unspecified atom stereocenters. The number of rotatable bonds is 4. The molecule has 2 rings (SSSR count). The van der Waals surface area contributed by atoms with E-state index in [9.17, 15) is 0 Å².